The number of hydrogen-bond donors (Lipinski definition) is 3. The molecule has 0 unspecified atom stereocenters. The van der Waals surface area contributed by atoms with Gasteiger partial charge in [-0.3, -0.25) is 9.79 Å². The summed E-state index contributed by atoms with van der Waals surface area (Å²) in [5, 5.41) is 9.11. The van der Waals surface area contributed by atoms with E-state index in [0.29, 0.717) is 13.1 Å². The van der Waals surface area contributed by atoms with Gasteiger partial charge in [0.25, 0.3) is 0 Å². The van der Waals surface area contributed by atoms with Crippen molar-refractivity contribution in [2.24, 2.45) is 4.99 Å². The second-order valence-corrected chi connectivity index (χ2v) is 4.86. The van der Waals surface area contributed by atoms with Crippen LogP contribution in [0.2, 0.25) is 0 Å². The lowest BCUT2D eigenvalue weighted by molar-refractivity contribution is -0.118. The molecule has 0 saturated carbocycles. The van der Waals surface area contributed by atoms with E-state index < -0.39 is 0 Å². The van der Waals surface area contributed by atoms with Crippen molar-refractivity contribution in [1.82, 2.24) is 16.0 Å². The highest BCUT2D eigenvalue weighted by molar-refractivity contribution is 7.98. The molecule has 0 spiro atoms. The SMILES string of the molecule is CCNC(=NCCCCSC)NCCNC(C)=O. The molecule has 3 N–H and O–H groups in total. The summed E-state index contributed by atoms with van der Waals surface area (Å²) in [6.07, 6.45) is 4.44. The maximum atomic E-state index is 10.7. The third-order valence-electron chi connectivity index (χ3n) is 2.16. The summed E-state index contributed by atoms with van der Waals surface area (Å²) in [7, 11) is 0. The minimum atomic E-state index is -0.00388. The monoisotopic (exact) mass is 274 g/mol. The number of nitrogens with one attached hydrogen (secondary N) is 3. The minimum absolute atomic E-state index is 0.00388. The Morgan fingerprint density at radius 2 is 1.89 bits per heavy atom. The average Bonchev–Trinajstić information content (AvgIpc) is 2.33. The predicted molar refractivity (Wildman–Crippen MR) is 80.3 cm³/mol. The second-order valence-electron chi connectivity index (χ2n) is 3.87. The van der Waals surface area contributed by atoms with Crippen LogP contribution in [0.3, 0.4) is 0 Å². The standard InChI is InChI=1S/C12H26N4OS/c1-4-13-12(15-7-5-6-10-18-3)16-9-8-14-11(2)17/h4-10H2,1-3H3,(H,14,17)(H2,13,15,16). The van der Waals surface area contributed by atoms with Gasteiger partial charge < -0.3 is 16.0 Å². The zero-order valence-corrected chi connectivity index (χ0v) is 12.5. The zero-order valence-electron chi connectivity index (χ0n) is 11.7. The number of guanidine groups is 1. The number of carbonyl (C=O) groups excluding carboxylic acids is 1. The first-order chi connectivity index (χ1) is 8.70. The van der Waals surface area contributed by atoms with Crippen molar-refractivity contribution in [3.8, 4) is 0 Å². The van der Waals surface area contributed by atoms with Crippen LogP contribution in [0.5, 0.6) is 0 Å². The minimum Gasteiger partial charge on any atom is -0.357 e. The number of amides is 1. The molecule has 0 aliphatic rings. The molecule has 5 nitrogen and oxygen atoms in total. The summed E-state index contributed by atoms with van der Waals surface area (Å²) in [5.74, 6) is 2.02. The quantitative estimate of drug-likeness (QED) is 0.331. The summed E-state index contributed by atoms with van der Waals surface area (Å²) >= 11 is 1.87. The zero-order chi connectivity index (χ0) is 13.6. The third-order valence-corrected chi connectivity index (χ3v) is 2.86. The van der Waals surface area contributed by atoms with Crippen molar-refractivity contribution in [2.45, 2.75) is 26.7 Å². The highest BCUT2D eigenvalue weighted by Gasteiger charge is 1.96. The van der Waals surface area contributed by atoms with E-state index in [4.69, 9.17) is 0 Å². The molecule has 6 heteroatoms. The molecule has 0 aromatic heterocycles. The third kappa shape index (κ3) is 11.6. The largest absolute Gasteiger partial charge is 0.357 e. The lowest BCUT2D eigenvalue weighted by Gasteiger charge is -2.11. The van der Waals surface area contributed by atoms with E-state index in [0.717, 1.165) is 25.5 Å². The van der Waals surface area contributed by atoms with Gasteiger partial charge in [-0.2, -0.15) is 11.8 Å². The van der Waals surface area contributed by atoms with E-state index in [-0.39, 0.29) is 5.91 Å². The highest BCUT2D eigenvalue weighted by Crippen LogP contribution is 1.98. The summed E-state index contributed by atoms with van der Waals surface area (Å²) in [6.45, 7) is 6.55. The molecule has 0 rings (SSSR count). The summed E-state index contributed by atoms with van der Waals surface area (Å²) < 4.78 is 0. The predicted octanol–water partition coefficient (Wildman–Crippen LogP) is 0.821. The molecule has 1 amide bonds. The van der Waals surface area contributed by atoms with E-state index in [1.165, 1.54) is 19.1 Å². The molecular formula is C12H26N4OS. The van der Waals surface area contributed by atoms with E-state index >= 15 is 0 Å². The fourth-order valence-corrected chi connectivity index (χ4v) is 1.80. The van der Waals surface area contributed by atoms with Crippen LogP contribution in [0.25, 0.3) is 0 Å². The molecule has 0 saturated heterocycles. The molecular weight excluding hydrogens is 248 g/mol. The fraction of sp³-hybridized carbons (Fsp3) is 0.833. The van der Waals surface area contributed by atoms with Gasteiger partial charge in [-0.1, -0.05) is 0 Å². The van der Waals surface area contributed by atoms with Crippen LogP contribution in [0.15, 0.2) is 4.99 Å². The van der Waals surface area contributed by atoms with Crippen molar-refractivity contribution in [2.75, 3.05) is 38.2 Å². The van der Waals surface area contributed by atoms with Gasteiger partial charge in [-0.05, 0) is 31.8 Å². The summed E-state index contributed by atoms with van der Waals surface area (Å²) in [4.78, 5) is 15.2. The van der Waals surface area contributed by atoms with Crippen molar-refractivity contribution in [1.29, 1.82) is 0 Å². The maximum absolute atomic E-state index is 10.7. The fourth-order valence-electron chi connectivity index (χ4n) is 1.31. The maximum Gasteiger partial charge on any atom is 0.216 e. The van der Waals surface area contributed by atoms with Crippen LogP contribution in [0.4, 0.5) is 0 Å². The van der Waals surface area contributed by atoms with E-state index in [1.54, 1.807) is 0 Å². The Morgan fingerprint density at radius 3 is 2.50 bits per heavy atom. The van der Waals surface area contributed by atoms with Gasteiger partial charge >= 0.3 is 0 Å². The molecule has 0 aromatic rings. The van der Waals surface area contributed by atoms with Gasteiger partial charge in [-0.25, -0.2) is 0 Å². The Bertz CT molecular complexity index is 246. The molecule has 18 heavy (non-hydrogen) atoms. The number of nitrogens with zero attached hydrogens (tertiary/aromatic N) is 1. The first-order valence-electron chi connectivity index (χ1n) is 6.46. The summed E-state index contributed by atoms with van der Waals surface area (Å²) in [6, 6.07) is 0. The lowest BCUT2D eigenvalue weighted by Crippen LogP contribution is -2.41. The molecule has 0 aliphatic heterocycles. The van der Waals surface area contributed by atoms with Gasteiger partial charge in [0.05, 0.1) is 0 Å². The van der Waals surface area contributed by atoms with Crippen LogP contribution < -0.4 is 16.0 Å². The van der Waals surface area contributed by atoms with Crippen molar-refractivity contribution in [3.63, 3.8) is 0 Å². The van der Waals surface area contributed by atoms with Gasteiger partial charge in [0, 0.05) is 33.1 Å². The number of unbranched alkanes of at least 4 members (excludes halogenated alkanes) is 1. The van der Waals surface area contributed by atoms with Crippen LogP contribution in [0, 0.1) is 0 Å². The lowest BCUT2D eigenvalue weighted by atomic mass is 10.3. The van der Waals surface area contributed by atoms with E-state index in [9.17, 15) is 4.79 Å². The van der Waals surface area contributed by atoms with Crippen molar-refractivity contribution < 1.29 is 4.79 Å². The topological polar surface area (TPSA) is 65.5 Å². The molecule has 0 fully saturated rings. The van der Waals surface area contributed by atoms with Crippen molar-refractivity contribution in [3.05, 3.63) is 0 Å². The van der Waals surface area contributed by atoms with Crippen LogP contribution in [-0.2, 0) is 4.79 Å². The Morgan fingerprint density at radius 1 is 1.17 bits per heavy atom. The van der Waals surface area contributed by atoms with Crippen LogP contribution in [0.1, 0.15) is 26.7 Å². The van der Waals surface area contributed by atoms with Gasteiger partial charge in [0.2, 0.25) is 5.91 Å². The highest BCUT2D eigenvalue weighted by atomic mass is 32.2. The van der Waals surface area contributed by atoms with E-state index in [1.807, 2.05) is 18.7 Å². The smallest absolute Gasteiger partial charge is 0.216 e. The molecule has 0 aromatic carbocycles. The molecule has 0 radical (unpaired) electrons. The normalized spacial score (nSPS) is 11.2. The van der Waals surface area contributed by atoms with Crippen molar-refractivity contribution >= 4 is 23.6 Å². The second kappa shape index (κ2) is 12.5. The first-order valence-corrected chi connectivity index (χ1v) is 7.85. The average molecular weight is 274 g/mol. The Labute approximate surface area is 115 Å². The molecule has 0 atom stereocenters. The number of thioether (sulfide) groups is 1. The molecule has 106 valence electrons. The number of carbonyl (C=O) groups is 1. The van der Waals surface area contributed by atoms with Crippen LogP contribution in [-0.4, -0.2) is 50.1 Å². The Kier molecular flexibility index (Phi) is 11.9. The summed E-state index contributed by atoms with van der Waals surface area (Å²) in [5.41, 5.74) is 0. The van der Waals surface area contributed by atoms with Gasteiger partial charge in [0.1, 0.15) is 0 Å². The van der Waals surface area contributed by atoms with Crippen LogP contribution >= 0.6 is 11.8 Å². The Balaban J connectivity index is 3.75. The number of aliphatic imine (C=N–C) groups is 1. The van der Waals surface area contributed by atoms with Gasteiger partial charge in [-0.15, -0.1) is 0 Å². The van der Waals surface area contributed by atoms with Gasteiger partial charge in [0.15, 0.2) is 5.96 Å². The molecule has 0 heterocycles. The van der Waals surface area contributed by atoms with E-state index in [2.05, 4.69) is 27.2 Å². The number of hydrogen-bond acceptors (Lipinski definition) is 3. The first kappa shape index (κ1) is 17.1. The Hall–Kier alpha value is -0.910. The number of rotatable bonds is 9. The molecule has 0 bridgehead atoms. The molecule has 0 aliphatic carbocycles.